The quantitative estimate of drug-likeness (QED) is 0.440. The second-order valence-electron chi connectivity index (χ2n) is 6.50. The summed E-state index contributed by atoms with van der Waals surface area (Å²) in [5.41, 5.74) is 3.17. The summed E-state index contributed by atoms with van der Waals surface area (Å²) >= 11 is 12.3. The Labute approximate surface area is 177 Å². The van der Waals surface area contributed by atoms with E-state index in [1.807, 2.05) is 42.5 Å². The van der Waals surface area contributed by atoms with Crippen molar-refractivity contribution in [1.82, 2.24) is 9.38 Å². The average Bonchev–Trinajstić information content (AvgIpc) is 3.04. The first kappa shape index (κ1) is 19.3. The molecule has 2 aromatic heterocycles. The summed E-state index contributed by atoms with van der Waals surface area (Å²) in [6.07, 6.45) is 1.62. The normalized spacial score (nSPS) is 10.9. The van der Waals surface area contributed by atoms with Crippen LogP contribution in [0.3, 0.4) is 0 Å². The summed E-state index contributed by atoms with van der Waals surface area (Å²) in [5, 5.41) is 3.69. The van der Waals surface area contributed by atoms with E-state index < -0.39 is 0 Å². The highest BCUT2D eigenvalue weighted by Gasteiger charge is 2.19. The smallest absolute Gasteiger partial charge is 0.274 e. The number of hydrogen-bond donors (Lipinski definition) is 1. The van der Waals surface area contributed by atoms with E-state index in [1.165, 1.54) is 0 Å². The molecule has 0 fully saturated rings. The molecule has 146 valence electrons. The highest BCUT2D eigenvalue weighted by molar-refractivity contribution is 6.36. The van der Waals surface area contributed by atoms with Crippen LogP contribution in [0, 0.1) is 6.92 Å². The number of halogens is 2. The molecule has 1 amide bonds. The van der Waals surface area contributed by atoms with Gasteiger partial charge in [-0.1, -0.05) is 53.5 Å². The van der Waals surface area contributed by atoms with Crippen molar-refractivity contribution in [3.63, 3.8) is 0 Å². The van der Waals surface area contributed by atoms with Gasteiger partial charge in [0.2, 0.25) is 0 Å². The lowest BCUT2D eigenvalue weighted by Crippen LogP contribution is -2.15. The monoisotopic (exact) mass is 425 g/mol. The molecule has 0 aliphatic heterocycles. The Bertz CT molecular complexity index is 1170. The lowest BCUT2D eigenvalue weighted by molar-refractivity contribution is 0.102. The third-order valence-electron chi connectivity index (χ3n) is 4.39. The molecule has 0 atom stereocenters. The van der Waals surface area contributed by atoms with Crippen molar-refractivity contribution in [2.24, 2.45) is 0 Å². The van der Waals surface area contributed by atoms with Gasteiger partial charge in [0, 0.05) is 11.9 Å². The van der Waals surface area contributed by atoms with Gasteiger partial charge >= 0.3 is 0 Å². The van der Waals surface area contributed by atoms with Crippen molar-refractivity contribution in [2.75, 3.05) is 5.32 Å². The number of pyridine rings is 1. The number of rotatable bonds is 5. The largest absolute Gasteiger partial charge is 0.489 e. The number of imidazole rings is 1. The Morgan fingerprint density at radius 2 is 1.83 bits per heavy atom. The number of nitrogens with one attached hydrogen (secondary N) is 1. The molecule has 0 bridgehead atoms. The third kappa shape index (κ3) is 4.21. The molecule has 29 heavy (non-hydrogen) atoms. The molecule has 2 aromatic carbocycles. The number of hydrogen-bond acceptors (Lipinski definition) is 3. The van der Waals surface area contributed by atoms with E-state index in [4.69, 9.17) is 27.9 Å². The lowest BCUT2D eigenvalue weighted by Gasteiger charge is -2.09. The van der Waals surface area contributed by atoms with Gasteiger partial charge in [-0.05, 0) is 42.8 Å². The minimum Gasteiger partial charge on any atom is -0.489 e. The number of aryl methyl sites for hydroxylation is 1. The van der Waals surface area contributed by atoms with Gasteiger partial charge in [0.1, 0.15) is 18.1 Å². The third-order valence-corrected chi connectivity index (χ3v) is 4.88. The van der Waals surface area contributed by atoms with Gasteiger partial charge in [-0.15, -0.1) is 0 Å². The molecule has 5 nitrogen and oxygen atoms in total. The minimum absolute atomic E-state index is 0.300. The van der Waals surface area contributed by atoms with Gasteiger partial charge in [0.05, 0.1) is 15.7 Å². The van der Waals surface area contributed by atoms with E-state index in [0.717, 1.165) is 11.3 Å². The molecule has 0 unspecified atom stereocenters. The van der Waals surface area contributed by atoms with Gasteiger partial charge in [0.15, 0.2) is 5.65 Å². The first-order chi connectivity index (χ1) is 14.0. The minimum atomic E-state index is -0.300. The van der Waals surface area contributed by atoms with Crippen molar-refractivity contribution in [1.29, 1.82) is 0 Å². The van der Waals surface area contributed by atoms with E-state index in [1.54, 1.807) is 35.7 Å². The van der Waals surface area contributed by atoms with Crippen molar-refractivity contribution in [3.05, 3.63) is 93.9 Å². The summed E-state index contributed by atoms with van der Waals surface area (Å²) in [5.74, 6) is 0.419. The van der Waals surface area contributed by atoms with Crippen molar-refractivity contribution < 1.29 is 9.53 Å². The highest BCUT2D eigenvalue weighted by Crippen LogP contribution is 2.25. The molecule has 2 heterocycles. The van der Waals surface area contributed by atoms with Gasteiger partial charge in [0.25, 0.3) is 5.91 Å². The lowest BCUT2D eigenvalue weighted by atomic mass is 10.2. The van der Waals surface area contributed by atoms with Crippen LogP contribution < -0.4 is 10.1 Å². The maximum atomic E-state index is 12.8. The number of carbonyl (C=O) groups is 1. The zero-order chi connectivity index (χ0) is 20.4. The van der Waals surface area contributed by atoms with Gasteiger partial charge < -0.3 is 10.1 Å². The van der Waals surface area contributed by atoms with Gasteiger partial charge in [-0.25, -0.2) is 4.98 Å². The summed E-state index contributed by atoms with van der Waals surface area (Å²) in [7, 11) is 0. The predicted octanol–water partition coefficient (Wildman–Crippen LogP) is 5.78. The van der Waals surface area contributed by atoms with Crippen LogP contribution in [0.2, 0.25) is 10.0 Å². The number of ether oxygens (including phenoxy) is 1. The summed E-state index contributed by atoms with van der Waals surface area (Å²) in [6.45, 7) is 2.24. The molecule has 1 N–H and O–H groups in total. The molecule has 4 aromatic rings. The SMILES string of the molecule is Cc1nc2c(Cl)cc(Cl)cn2c1C(=O)Nc1ccc(OCc2ccccc2)cc1. The zero-order valence-corrected chi connectivity index (χ0v) is 17.0. The molecule has 0 saturated carbocycles. The number of carbonyl (C=O) groups excluding carboxylic acids is 1. The topological polar surface area (TPSA) is 55.6 Å². The molecule has 0 spiro atoms. The summed E-state index contributed by atoms with van der Waals surface area (Å²) < 4.78 is 7.38. The summed E-state index contributed by atoms with van der Waals surface area (Å²) in [4.78, 5) is 17.2. The first-order valence-corrected chi connectivity index (χ1v) is 9.69. The van der Waals surface area contributed by atoms with Crippen LogP contribution in [-0.4, -0.2) is 15.3 Å². The van der Waals surface area contributed by atoms with Crippen LogP contribution in [0.5, 0.6) is 5.75 Å². The number of nitrogens with zero attached hydrogens (tertiary/aromatic N) is 2. The number of benzene rings is 2. The van der Waals surface area contributed by atoms with Gasteiger partial charge in [-0.3, -0.25) is 9.20 Å². The molecule has 0 aliphatic carbocycles. The molecule has 0 saturated heterocycles. The van der Waals surface area contributed by atoms with E-state index in [-0.39, 0.29) is 5.91 Å². The van der Waals surface area contributed by atoms with Crippen molar-refractivity contribution in [3.8, 4) is 5.75 Å². The highest BCUT2D eigenvalue weighted by atomic mass is 35.5. The van der Waals surface area contributed by atoms with Crippen LogP contribution in [-0.2, 0) is 6.61 Å². The molecular formula is C22H17Cl2N3O2. The molecular weight excluding hydrogens is 409 g/mol. The van der Waals surface area contributed by atoms with Crippen LogP contribution in [0.25, 0.3) is 5.65 Å². The Morgan fingerprint density at radius 1 is 1.10 bits per heavy atom. The first-order valence-electron chi connectivity index (χ1n) is 8.93. The fraction of sp³-hybridized carbons (Fsp3) is 0.0909. The number of amides is 1. The molecule has 0 radical (unpaired) electrons. The maximum absolute atomic E-state index is 12.8. The van der Waals surface area contributed by atoms with E-state index >= 15 is 0 Å². The van der Waals surface area contributed by atoms with Crippen LogP contribution in [0.15, 0.2) is 66.9 Å². The van der Waals surface area contributed by atoms with Crippen molar-refractivity contribution >= 4 is 40.4 Å². The Hall–Kier alpha value is -3.02. The number of aromatic nitrogens is 2. The molecule has 4 rings (SSSR count). The fourth-order valence-electron chi connectivity index (χ4n) is 3.03. The second kappa shape index (κ2) is 8.15. The van der Waals surface area contributed by atoms with Crippen LogP contribution in [0.4, 0.5) is 5.69 Å². The zero-order valence-electron chi connectivity index (χ0n) is 15.5. The van der Waals surface area contributed by atoms with Crippen LogP contribution >= 0.6 is 23.2 Å². The van der Waals surface area contributed by atoms with Gasteiger partial charge in [-0.2, -0.15) is 0 Å². The van der Waals surface area contributed by atoms with E-state index in [9.17, 15) is 4.79 Å². The van der Waals surface area contributed by atoms with E-state index in [0.29, 0.717) is 39.4 Å². The number of anilines is 1. The summed E-state index contributed by atoms with van der Waals surface area (Å²) in [6, 6.07) is 18.7. The van der Waals surface area contributed by atoms with E-state index in [2.05, 4.69) is 10.3 Å². The average molecular weight is 426 g/mol. The standard InChI is InChI=1S/C22H17Cl2N3O2/c1-14-20(27-12-16(23)11-19(24)21(27)25-14)22(28)26-17-7-9-18(10-8-17)29-13-15-5-3-2-4-6-15/h2-12H,13H2,1H3,(H,26,28). The van der Waals surface area contributed by atoms with Crippen LogP contribution in [0.1, 0.15) is 21.7 Å². The Kier molecular flexibility index (Phi) is 5.43. The predicted molar refractivity (Wildman–Crippen MR) is 115 cm³/mol. The second-order valence-corrected chi connectivity index (χ2v) is 7.34. The van der Waals surface area contributed by atoms with Crippen molar-refractivity contribution in [2.45, 2.75) is 13.5 Å². The Morgan fingerprint density at radius 3 is 2.55 bits per heavy atom. The molecule has 7 heteroatoms. The maximum Gasteiger partial charge on any atom is 0.274 e. The number of fused-ring (bicyclic) bond motifs is 1. The fourth-order valence-corrected chi connectivity index (χ4v) is 3.54. The molecule has 0 aliphatic rings. The Balaban J connectivity index is 1.49.